The molecule has 0 aliphatic rings. The molecule has 0 aliphatic heterocycles. The van der Waals surface area contributed by atoms with Gasteiger partial charge >= 0.3 is 5.97 Å². The Morgan fingerprint density at radius 3 is 2.39 bits per heavy atom. The van der Waals surface area contributed by atoms with Crippen LogP contribution in [-0.2, 0) is 21.2 Å². The van der Waals surface area contributed by atoms with E-state index in [1.54, 1.807) is 43.5 Å². The third kappa shape index (κ3) is 3.66. The number of hydrogen-bond donors (Lipinski definition) is 0. The van der Waals surface area contributed by atoms with Crippen molar-refractivity contribution < 1.29 is 22.7 Å². The zero-order valence-electron chi connectivity index (χ0n) is 17.0. The van der Waals surface area contributed by atoms with Crippen molar-refractivity contribution >= 4 is 27.0 Å². The Morgan fingerprint density at radius 1 is 0.935 bits per heavy atom. The van der Waals surface area contributed by atoms with Crippen LogP contribution in [-0.4, -0.2) is 37.6 Å². The van der Waals surface area contributed by atoms with Crippen LogP contribution in [0.1, 0.15) is 21.7 Å². The van der Waals surface area contributed by atoms with Gasteiger partial charge in [0, 0.05) is 12.0 Å². The molecule has 0 atom stereocenters. The Morgan fingerprint density at radius 2 is 1.61 bits per heavy atom. The molecule has 3 aromatic carbocycles. The smallest absolute Gasteiger partial charge is 0.339 e. The Hall–Kier alpha value is -3.65. The lowest BCUT2D eigenvalue weighted by molar-refractivity contribution is 0.0596. The van der Waals surface area contributed by atoms with Crippen LogP contribution in [0.4, 0.5) is 0 Å². The molecular weight excluding hydrogens is 416 g/mol. The van der Waals surface area contributed by atoms with E-state index in [0.717, 1.165) is 5.56 Å². The molecule has 0 spiro atoms. The predicted molar refractivity (Wildman–Crippen MR) is 116 cm³/mol. The van der Waals surface area contributed by atoms with Gasteiger partial charge in [-0.05, 0) is 30.3 Å². The monoisotopic (exact) mass is 436 g/mol. The third-order valence-corrected chi connectivity index (χ3v) is 6.74. The summed E-state index contributed by atoms with van der Waals surface area (Å²) in [5, 5.41) is 0. The van der Waals surface area contributed by atoms with Gasteiger partial charge in [0.2, 0.25) is 0 Å². The van der Waals surface area contributed by atoms with Crippen LogP contribution in [0.5, 0.6) is 5.75 Å². The number of esters is 1. The molecule has 0 saturated heterocycles. The van der Waals surface area contributed by atoms with Crippen LogP contribution in [0.15, 0.2) is 77.7 Å². The molecule has 7 nitrogen and oxygen atoms in total. The second kappa shape index (κ2) is 8.23. The first kappa shape index (κ1) is 20.6. The van der Waals surface area contributed by atoms with Crippen molar-refractivity contribution in [3.8, 4) is 5.75 Å². The number of rotatable bonds is 6. The van der Waals surface area contributed by atoms with E-state index in [-0.39, 0.29) is 16.9 Å². The lowest BCUT2D eigenvalue weighted by Crippen LogP contribution is -2.20. The fourth-order valence-electron chi connectivity index (χ4n) is 3.52. The van der Waals surface area contributed by atoms with Crippen molar-refractivity contribution in [2.75, 3.05) is 14.2 Å². The maximum Gasteiger partial charge on any atom is 0.339 e. The van der Waals surface area contributed by atoms with Gasteiger partial charge in [0.05, 0.1) is 30.8 Å². The summed E-state index contributed by atoms with van der Waals surface area (Å²) in [6, 6.07) is 20.3. The minimum atomic E-state index is -4.17. The summed E-state index contributed by atoms with van der Waals surface area (Å²) in [7, 11) is -1.39. The van der Waals surface area contributed by atoms with E-state index in [2.05, 4.69) is 4.98 Å². The minimum absolute atomic E-state index is 0.0361. The molecule has 0 saturated carbocycles. The lowest BCUT2D eigenvalue weighted by Gasteiger charge is -2.14. The van der Waals surface area contributed by atoms with E-state index in [4.69, 9.17) is 9.47 Å². The Balaban J connectivity index is 1.96. The Kier molecular flexibility index (Phi) is 5.48. The van der Waals surface area contributed by atoms with Gasteiger partial charge in [0.25, 0.3) is 10.0 Å². The van der Waals surface area contributed by atoms with Crippen molar-refractivity contribution in [2.24, 2.45) is 0 Å². The van der Waals surface area contributed by atoms with Crippen LogP contribution in [0.2, 0.25) is 0 Å². The maximum atomic E-state index is 13.8. The third-order valence-electron chi connectivity index (χ3n) is 4.94. The first-order valence-corrected chi connectivity index (χ1v) is 10.9. The van der Waals surface area contributed by atoms with E-state index in [1.165, 1.54) is 23.2 Å². The van der Waals surface area contributed by atoms with E-state index in [9.17, 15) is 13.2 Å². The van der Waals surface area contributed by atoms with Gasteiger partial charge in [-0.1, -0.05) is 42.5 Å². The summed E-state index contributed by atoms with van der Waals surface area (Å²) in [5.41, 5.74) is 1.71. The molecule has 0 bridgehead atoms. The van der Waals surface area contributed by atoms with E-state index >= 15 is 0 Å². The molecular formula is C23H20N2O5S. The summed E-state index contributed by atoms with van der Waals surface area (Å²) < 4.78 is 39.0. The number of nitrogens with zero attached hydrogens (tertiary/aromatic N) is 2. The molecule has 0 unspecified atom stereocenters. The van der Waals surface area contributed by atoms with Crippen molar-refractivity contribution in [1.82, 2.24) is 8.96 Å². The molecule has 31 heavy (non-hydrogen) atoms. The quantitative estimate of drug-likeness (QED) is 0.429. The number of methoxy groups -OCH3 is 2. The van der Waals surface area contributed by atoms with Gasteiger partial charge in [-0.3, -0.25) is 0 Å². The van der Waals surface area contributed by atoms with Crippen LogP contribution in [0.3, 0.4) is 0 Å². The normalized spacial score (nSPS) is 11.4. The second-order valence-electron chi connectivity index (χ2n) is 6.76. The summed E-state index contributed by atoms with van der Waals surface area (Å²) >= 11 is 0. The average molecular weight is 436 g/mol. The van der Waals surface area contributed by atoms with Crippen molar-refractivity contribution in [3.05, 3.63) is 89.7 Å². The maximum absolute atomic E-state index is 13.8. The minimum Gasteiger partial charge on any atom is -0.496 e. The molecule has 4 aromatic rings. The highest BCUT2D eigenvalue weighted by molar-refractivity contribution is 7.90. The molecule has 1 aromatic heterocycles. The predicted octanol–water partition coefficient (Wildman–Crippen LogP) is 3.66. The van der Waals surface area contributed by atoms with Crippen LogP contribution >= 0.6 is 0 Å². The zero-order valence-corrected chi connectivity index (χ0v) is 17.8. The summed E-state index contributed by atoms with van der Waals surface area (Å²) in [6.45, 7) is 0. The lowest BCUT2D eigenvalue weighted by atomic mass is 10.1. The number of carbonyl (C=O) groups excluding carboxylic acids is 1. The number of benzene rings is 3. The number of hydrogen-bond acceptors (Lipinski definition) is 6. The van der Waals surface area contributed by atoms with E-state index < -0.39 is 16.0 Å². The van der Waals surface area contributed by atoms with Crippen LogP contribution in [0.25, 0.3) is 11.0 Å². The van der Waals surface area contributed by atoms with E-state index in [0.29, 0.717) is 22.6 Å². The largest absolute Gasteiger partial charge is 0.496 e. The van der Waals surface area contributed by atoms with Gasteiger partial charge in [-0.15, -0.1) is 0 Å². The summed E-state index contributed by atoms with van der Waals surface area (Å²) in [5.74, 6) is 0.216. The SMILES string of the molecule is COC(=O)c1ccccc1S(=O)(=O)n1c(Cc2ccccc2OC)nc2ccccc21. The second-order valence-corrected chi connectivity index (χ2v) is 8.52. The fraction of sp³-hybridized carbons (Fsp3) is 0.130. The molecule has 1 heterocycles. The molecule has 158 valence electrons. The first-order valence-electron chi connectivity index (χ1n) is 9.48. The topological polar surface area (TPSA) is 87.5 Å². The summed E-state index contributed by atoms with van der Waals surface area (Å²) in [4.78, 5) is 16.7. The highest BCUT2D eigenvalue weighted by atomic mass is 32.2. The van der Waals surface area contributed by atoms with Gasteiger partial charge in [-0.25, -0.2) is 22.2 Å². The van der Waals surface area contributed by atoms with Gasteiger partial charge in [0.15, 0.2) is 0 Å². The number of imidazole rings is 1. The van der Waals surface area contributed by atoms with Gasteiger partial charge in [0.1, 0.15) is 16.5 Å². The van der Waals surface area contributed by atoms with E-state index in [1.807, 2.05) is 24.3 Å². The average Bonchev–Trinajstić information content (AvgIpc) is 3.17. The van der Waals surface area contributed by atoms with Gasteiger partial charge < -0.3 is 9.47 Å². The Bertz CT molecular complexity index is 1380. The zero-order chi connectivity index (χ0) is 22.0. The fourth-order valence-corrected chi connectivity index (χ4v) is 5.19. The Labute approximate surface area is 179 Å². The number of fused-ring (bicyclic) bond motifs is 1. The number of ether oxygens (including phenoxy) is 2. The van der Waals surface area contributed by atoms with Crippen molar-refractivity contribution in [1.29, 1.82) is 0 Å². The molecule has 0 fully saturated rings. The number of para-hydroxylation sites is 3. The standard InChI is InChI=1S/C23H20N2O5S/c1-29-20-13-7-3-9-16(20)15-22-24-18-11-5-6-12-19(18)25(22)31(27,28)21-14-8-4-10-17(21)23(26)30-2/h3-14H,15H2,1-2H3. The highest BCUT2D eigenvalue weighted by Crippen LogP contribution is 2.28. The number of carbonyl (C=O) groups is 1. The molecule has 0 aliphatic carbocycles. The number of aromatic nitrogens is 2. The van der Waals surface area contributed by atoms with Gasteiger partial charge in [-0.2, -0.15) is 0 Å². The van der Waals surface area contributed by atoms with Crippen LogP contribution in [0, 0.1) is 0 Å². The first-order chi connectivity index (χ1) is 15.0. The van der Waals surface area contributed by atoms with Crippen molar-refractivity contribution in [2.45, 2.75) is 11.3 Å². The molecule has 8 heteroatoms. The van der Waals surface area contributed by atoms with Crippen molar-refractivity contribution in [3.63, 3.8) is 0 Å². The summed E-state index contributed by atoms with van der Waals surface area (Å²) in [6.07, 6.45) is 0.221. The molecule has 0 N–H and O–H groups in total. The highest BCUT2D eigenvalue weighted by Gasteiger charge is 2.29. The molecule has 0 amide bonds. The molecule has 4 rings (SSSR count). The van der Waals surface area contributed by atoms with Crippen LogP contribution < -0.4 is 4.74 Å². The molecule has 0 radical (unpaired) electrons.